The lowest BCUT2D eigenvalue weighted by molar-refractivity contribution is 0.285. The molecule has 1 atom stereocenters. The van der Waals surface area contributed by atoms with Crippen molar-refractivity contribution < 1.29 is 13.7 Å². The summed E-state index contributed by atoms with van der Waals surface area (Å²) in [7, 11) is 2.99. The first kappa shape index (κ1) is 23.0. The molecule has 1 aliphatic heterocycles. The molecule has 8 heteroatoms. The number of aromatic nitrogens is 1. The summed E-state index contributed by atoms with van der Waals surface area (Å²) in [6.07, 6.45) is 5.51. The molecule has 170 valence electrons. The zero-order chi connectivity index (χ0) is 23.0. The molecule has 0 amide bonds. The highest BCUT2D eigenvalue weighted by molar-refractivity contribution is 7.84. The molecule has 5 nitrogen and oxygen atoms in total. The molecular formula is C24H27ClFN3O2S. The summed E-state index contributed by atoms with van der Waals surface area (Å²) in [5.41, 5.74) is 3.04. The van der Waals surface area contributed by atoms with Gasteiger partial charge in [0.2, 0.25) is 0 Å². The van der Waals surface area contributed by atoms with Gasteiger partial charge in [-0.25, -0.2) is 4.39 Å². The second-order valence-corrected chi connectivity index (χ2v) is 10.4. The lowest BCUT2D eigenvalue weighted by Crippen LogP contribution is -2.37. The first-order valence-electron chi connectivity index (χ1n) is 10.6. The van der Waals surface area contributed by atoms with Gasteiger partial charge in [0.1, 0.15) is 0 Å². The molecule has 32 heavy (non-hydrogen) atoms. The summed E-state index contributed by atoms with van der Waals surface area (Å²) in [5.74, 6) is -0.678. The van der Waals surface area contributed by atoms with E-state index in [4.69, 9.17) is 11.6 Å². The Kier molecular flexibility index (Phi) is 6.70. The Labute approximate surface area is 195 Å². The first-order chi connectivity index (χ1) is 15.2. The van der Waals surface area contributed by atoms with E-state index in [0.29, 0.717) is 16.4 Å². The van der Waals surface area contributed by atoms with Gasteiger partial charge in [-0.15, -0.1) is 0 Å². The fourth-order valence-corrected chi connectivity index (χ4v) is 5.38. The van der Waals surface area contributed by atoms with Gasteiger partial charge in [-0.1, -0.05) is 17.7 Å². The Morgan fingerprint density at radius 3 is 2.56 bits per heavy atom. The molecule has 2 aromatic carbocycles. The third-order valence-electron chi connectivity index (χ3n) is 6.02. The van der Waals surface area contributed by atoms with Crippen LogP contribution in [0.1, 0.15) is 12.8 Å². The number of phenols is 1. The van der Waals surface area contributed by atoms with E-state index in [1.54, 1.807) is 18.5 Å². The number of halogens is 2. The monoisotopic (exact) mass is 475 g/mol. The summed E-state index contributed by atoms with van der Waals surface area (Å²) in [6.45, 7) is 2.83. The number of aromatic hydroxyl groups is 1. The molecule has 1 aliphatic rings. The number of anilines is 1. The van der Waals surface area contributed by atoms with Crippen molar-refractivity contribution in [3.63, 3.8) is 0 Å². The number of piperidine rings is 1. The second-order valence-electron chi connectivity index (χ2n) is 8.64. The molecule has 4 rings (SSSR count). The molecule has 1 saturated heterocycles. The van der Waals surface area contributed by atoms with E-state index in [-0.39, 0.29) is 5.02 Å². The van der Waals surface area contributed by atoms with Gasteiger partial charge in [0.15, 0.2) is 11.6 Å². The van der Waals surface area contributed by atoms with Gasteiger partial charge in [-0.05, 0) is 68.2 Å². The van der Waals surface area contributed by atoms with Crippen molar-refractivity contribution in [2.24, 2.45) is 5.92 Å². The summed E-state index contributed by atoms with van der Waals surface area (Å²) < 4.78 is 26.7. The van der Waals surface area contributed by atoms with Crippen LogP contribution in [-0.2, 0) is 10.8 Å². The SMILES string of the molecule is CN(C)CC1CCN(c2c(S(C)=O)cnc3ccc(-c4cc(F)c(O)c(Cl)c4)cc23)CC1. The van der Waals surface area contributed by atoms with Crippen LogP contribution in [0.15, 0.2) is 41.4 Å². The van der Waals surface area contributed by atoms with Crippen LogP contribution in [0.4, 0.5) is 10.1 Å². The maximum absolute atomic E-state index is 14.1. The van der Waals surface area contributed by atoms with Gasteiger partial charge < -0.3 is 14.9 Å². The van der Waals surface area contributed by atoms with Crippen LogP contribution in [0, 0.1) is 11.7 Å². The standard InChI is InChI=1S/C24H27ClFN3O2S/c1-28(2)14-15-6-8-29(9-7-15)23-18-10-16(17-11-19(25)24(30)20(26)12-17)4-5-21(18)27-13-22(23)32(3)31/h4-5,10-13,15,30H,6-9,14H2,1-3H3. The van der Waals surface area contributed by atoms with E-state index in [0.717, 1.165) is 54.6 Å². The Bertz CT molecular complexity index is 1160. The molecule has 0 bridgehead atoms. The largest absolute Gasteiger partial charge is 0.504 e. The van der Waals surface area contributed by atoms with Gasteiger partial charge in [-0.3, -0.25) is 9.19 Å². The van der Waals surface area contributed by atoms with Crippen LogP contribution in [0.3, 0.4) is 0 Å². The lowest BCUT2D eigenvalue weighted by atomic mass is 9.95. The Balaban J connectivity index is 1.79. The summed E-state index contributed by atoms with van der Waals surface area (Å²) in [4.78, 5) is 9.77. The molecule has 0 radical (unpaired) electrons. The third-order valence-corrected chi connectivity index (χ3v) is 7.23. The average molecular weight is 476 g/mol. The lowest BCUT2D eigenvalue weighted by Gasteiger charge is -2.36. The molecule has 1 aromatic heterocycles. The average Bonchev–Trinajstić information content (AvgIpc) is 2.76. The van der Waals surface area contributed by atoms with Gasteiger partial charge in [0.05, 0.1) is 31.9 Å². The molecule has 0 spiro atoms. The van der Waals surface area contributed by atoms with Gasteiger partial charge >= 0.3 is 0 Å². The molecular weight excluding hydrogens is 449 g/mol. The number of benzene rings is 2. The molecule has 1 unspecified atom stereocenters. The van der Waals surface area contributed by atoms with Crippen LogP contribution in [0.25, 0.3) is 22.0 Å². The molecule has 2 heterocycles. The fourth-order valence-electron chi connectivity index (χ4n) is 4.46. The van der Waals surface area contributed by atoms with Crippen LogP contribution in [0.5, 0.6) is 5.75 Å². The number of fused-ring (bicyclic) bond motifs is 1. The highest BCUT2D eigenvalue weighted by Crippen LogP contribution is 2.38. The van der Waals surface area contributed by atoms with Gasteiger partial charge in [-0.2, -0.15) is 0 Å². The van der Waals surface area contributed by atoms with Gasteiger partial charge in [0, 0.05) is 37.5 Å². The van der Waals surface area contributed by atoms with Crippen molar-refractivity contribution in [2.75, 3.05) is 44.9 Å². The number of phenolic OH excluding ortho intramolecular Hbond substituents is 1. The van der Waals surface area contributed by atoms with Crippen molar-refractivity contribution in [2.45, 2.75) is 17.7 Å². The zero-order valence-electron chi connectivity index (χ0n) is 18.4. The van der Waals surface area contributed by atoms with Gasteiger partial charge in [0.25, 0.3) is 0 Å². The third kappa shape index (κ3) is 4.60. The van der Waals surface area contributed by atoms with Crippen LogP contribution in [-0.4, -0.2) is 59.2 Å². The minimum absolute atomic E-state index is 0.0372. The highest BCUT2D eigenvalue weighted by atomic mass is 35.5. The number of pyridine rings is 1. The van der Waals surface area contributed by atoms with E-state index >= 15 is 0 Å². The van der Waals surface area contributed by atoms with Crippen LogP contribution in [0.2, 0.25) is 5.02 Å². The maximum atomic E-state index is 14.1. The van der Waals surface area contributed by atoms with E-state index in [2.05, 4.69) is 28.9 Å². The van der Waals surface area contributed by atoms with E-state index < -0.39 is 22.4 Å². The first-order valence-corrected chi connectivity index (χ1v) is 12.5. The Morgan fingerprint density at radius 2 is 1.94 bits per heavy atom. The smallest absolute Gasteiger partial charge is 0.170 e. The summed E-state index contributed by atoms with van der Waals surface area (Å²) in [5, 5.41) is 10.5. The molecule has 1 N–H and O–H groups in total. The summed E-state index contributed by atoms with van der Waals surface area (Å²) in [6, 6.07) is 8.50. The molecule has 0 aliphatic carbocycles. The minimum Gasteiger partial charge on any atom is -0.504 e. The van der Waals surface area contributed by atoms with Crippen LogP contribution < -0.4 is 4.90 Å². The number of hydrogen-bond acceptors (Lipinski definition) is 5. The predicted molar refractivity (Wildman–Crippen MR) is 130 cm³/mol. The quantitative estimate of drug-likeness (QED) is 0.568. The van der Waals surface area contributed by atoms with Crippen molar-refractivity contribution in [1.29, 1.82) is 0 Å². The maximum Gasteiger partial charge on any atom is 0.170 e. The van der Waals surface area contributed by atoms with E-state index in [1.807, 2.05) is 18.2 Å². The number of rotatable bonds is 5. The van der Waals surface area contributed by atoms with Crippen molar-refractivity contribution in [1.82, 2.24) is 9.88 Å². The topological polar surface area (TPSA) is 56.7 Å². The Morgan fingerprint density at radius 1 is 1.22 bits per heavy atom. The van der Waals surface area contributed by atoms with Crippen molar-refractivity contribution in [3.05, 3.63) is 47.4 Å². The molecule has 1 fully saturated rings. The fraction of sp³-hybridized carbons (Fsp3) is 0.375. The van der Waals surface area contributed by atoms with Crippen molar-refractivity contribution in [3.8, 4) is 16.9 Å². The zero-order valence-corrected chi connectivity index (χ0v) is 20.0. The summed E-state index contributed by atoms with van der Waals surface area (Å²) >= 11 is 6.00. The van der Waals surface area contributed by atoms with E-state index in [1.165, 1.54) is 6.07 Å². The Hall–Kier alpha value is -2.22. The molecule has 0 saturated carbocycles. The number of hydrogen-bond donors (Lipinski definition) is 1. The second kappa shape index (κ2) is 9.33. The minimum atomic E-state index is -1.20. The van der Waals surface area contributed by atoms with Crippen LogP contribution >= 0.6 is 11.6 Å². The predicted octanol–water partition coefficient (Wildman–Crippen LogP) is 4.92. The molecule has 3 aromatic rings. The normalized spacial score (nSPS) is 16.1. The van der Waals surface area contributed by atoms with Crippen molar-refractivity contribution >= 4 is 39.0 Å². The highest BCUT2D eigenvalue weighted by Gasteiger charge is 2.25. The van der Waals surface area contributed by atoms with E-state index in [9.17, 15) is 13.7 Å². The number of nitrogens with zero attached hydrogens (tertiary/aromatic N) is 3.